The third-order valence-electron chi connectivity index (χ3n) is 3.69. The van der Waals surface area contributed by atoms with Crippen LogP contribution in [-0.2, 0) is 9.84 Å². The fourth-order valence-electron chi connectivity index (χ4n) is 2.49. The summed E-state index contributed by atoms with van der Waals surface area (Å²) in [7, 11) is -2.81. The van der Waals surface area contributed by atoms with Crippen molar-refractivity contribution in [3.05, 3.63) is 0 Å². The first-order valence-corrected chi connectivity index (χ1v) is 7.51. The van der Waals surface area contributed by atoms with Crippen molar-refractivity contribution >= 4 is 9.84 Å². The number of nitrogens with two attached hydrogens (primary N) is 1. The van der Waals surface area contributed by atoms with Crippen LogP contribution in [0.25, 0.3) is 0 Å². The van der Waals surface area contributed by atoms with Gasteiger partial charge in [0.1, 0.15) is 0 Å². The van der Waals surface area contributed by atoms with Gasteiger partial charge in [-0.15, -0.1) is 0 Å². The van der Waals surface area contributed by atoms with Gasteiger partial charge in [-0.2, -0.15) is 0 Å². The first kappa shape index (κ1) is 11.4. The fraction of sp³-hybridized carbons (Fsp3) is 1.00. The first-order valence-electron chi connectivity index (χ1n) is 5.79. The second-order valence-corrected chi connectivity index (χ2v) is 7.06. The quantitative estimate of drug-likeness (QED) is 0.743. The lowest BCUT2D eigenvalue weighted by atomic mass is 10.0. The van der Waals surface area contributed by atoms with Crippen LogP contribution >= 0.6 is 0 Å². The molecule has 2 rings (SSSR count). The van der Waals surface area contributed by atoms with Crippen LogP contribution in [0.3, 0.4) is 0 Å². The zero-order valence-electron chi connectivity index (χ0n) is 9.06. The highest BCUT2D eigenvalue weighted by Gasteiger charge is 2.35. The third kappa shape index (κ3) is 2.34. The minimum atomic E-state index is -2.81. The first-order chi connectivity index (χ1) is 7.13. The molecule has 0 aromatic heterocycles. The van der Waals surface area contributed by atoms with Crippen LogP contribution in [-0.4, -0.2) is 50.0 Å². The summed E-state index contributed by atoms with van der Waals surface area (Å²) in [5.41, 5.74) is 5.61. The molecule has 15 heavy (non-hydrogen) atoms. The van der Waals surface area contributed by atoms with Crippen molar-refractivity contribution in [2.24, 2.45) is 5.73 Å². The lowest BCUT2D eigenvalue weighted by Gasteiger charge is -2.42. The van der Waals surface area contributed by atoms with Crippen molar-refractivity contribution in [2.75, 3.05) is 25.4 Å². The standard InChI is InChI=1S/C10H20N2O2S/c11-7-9-4-5-12(9)8-10-3-1-2-6-15(10,13)14/h9-10H,1-8,11H2. The van der Waals surface area contributed by atoms with Crippen LogP contribution in [0.5, 0.6) is 0 Å². The van der Waals surface area contributed by atoms with Crippen LogP contribution < -0.4 is 5.73 Å². The normalized spacial score (nSPS) is 36.1. The molecule has 0 amide bonds. The Morgan fingerprint density at radius 2 is 2.07 bits per heavy atom. The molecule has 2 aliphatic rings. The van der Waals surface area contributed by atoms with Crippen LogP contribution in [0.1, 0.15) is 25.7 Å². The van der Waals surface area contributed by atoms with Gasteiger partial charge in [-0.25, -0.2) is 8.42 Å². The highest BCUT2D eigenvalue weighted by atomic mass is 32.2. The van der Waals surface area contributed by atoms with E-state index in [2.05, 4.69) is 4.90 Å². The summed E-state index contributed by atoms with van der Waals surface area (Å²) >= 11 is 0. The summed E-state index contributed by atoms with van der Waals surface area (Å²) in [4.78, 5) is 2.23. The smallest absolute Gasteiger partial charge is 0.154 e. The second-order valence-electron chi connectivity index (χ2n) is 4.66. The summed E-state index contributed by atoms with van der Waals surface area (Å²) in [6, 6.07) is 0.433. The molecule has 2 saturated heterocycles. The van der Waals surface area contributed by atoms with Gasteiger partial charge in [-0.3, -0.25) is 4.90 Å². The molecule has 4 nitrogen and oxygen atoms in total. The molecule has 2 N–H and O–H groups in total. The van der Waals surface area contributed by atoms with Gasteiger partial charge in [0.05, 0.1) is 11.0 Å². The Kier molecular flexibility index (Phi) is 3.33. The Labute approximate surface area is 91.7 Å². The van der Waals surface area contributed by atoms with E-state index in [1.165, 1.54) is 0 Å². The summed E-state index contributed by atoms with van der Waals surface area (Å²) < 4.78 is 23.6. The lowest BCUT2D eigenvalue weighted by molar-refractivity contribution is 0.0951. The molecular weight excluding hydrogens is 212 g/mol. The molecule has 2 heterocycles. The molecule has 88 valence electrons. The molecule has 0 saturated carbocycles. The number of rotatable bonds is 3. The predicted molar refractivity (Wildman–Crippen MR) is 60.5 cm³/mol. The van der Waals surface area contributed by atoms with Gasteiger partial charge in [0.25, 0.3) is 0 Å². The number of hydrogen-bond donors (Lipinski definition) is 1. The molecule has 0 spiro atoms. The van der Waals surface area contributed by atoms with Crippen LogP contribution in [0.2, 0.25) is 0 Å². The van der Waals surface area contributed by atoms with Gasteiger partial charge in [-0.05, 0) is 19.3 Å². The highest BCUT2D eigenvalue weighted by Crippen LogP contribution is 2.24. The van der Waals surface area contributed by atoms with Gasteiger partial charge < -0.3 is 5.73 Å². The average Bonchev–Trinajstić information content (AvgIpc) is 2.14. The number of nitrogens with zero attached hydrogens (tertiary/aromatic N) is 1. The average molecular weight is 232 g/mol. The van der Waals surface area contributed by atoms with Crippen molar-refractivity contribution in [1.29, 1.82) is 0 Å². The SMILES string of the molecule is NCC1CCN1CC1CCCCS1(=O)=O. The maximum atomic E-state index is 11.8. The van der Waals surface area contributed by atoms with Crippen molar-refractivity contribution in [2.45, 2.75) is 37.0 Å². The summed E-state index contributed by atoms with van der Waals surface area (Å²) in [5.74, 6) is 0.388. The van der Waals surface area contributed by atoms with E-state index in [1.807, 2.05) is 0 Å². The van der Waals surface area contributed by atoms with Gasteiger partial charge in [-0.1, -0.05) is 6.42 Å². The summed E-state index contributed by atoms with van der Waals surface area (Å²) in [5, 5.41) is -0.124. The minimum Gasteiger partial charge on any atom is -0.329 e. The second kappa shape index (κ2) is 4.39. The van der Waals surface area contributed by atoms with Gasteiger partial charge in [0.15, 0.2) is 9.84 Å². The molecule has 2 aliphatic heterocycles. The molecular formula is C10H20N2O2S. The minimum absolute atomic E-state index is 0.124. The van der Waals surface area contributed by atoms with Crippen LogP contribution in [0.15, 0.2) is 0 Å². The summed E-state index contributed by atoms with van der Waals surface area (Å²) in [6.07, 6.45) is 3.88. The Morgan fingerprint density at radius 1 is 1.27 bits per heavy atom. The predicted octanol–water partition coefficient (Wildman–Crippen LogP) is -0.0133. The fourth-order valence-corrected chi connectivity index (χ4v) is 4.37. The maximum absolute atomic E-state index is 11.8. The molecule has 0 bridgehead atoms. The van der Waals surface area contributed by atoms with E-state index in [0.29, 0.717) is 24.9 Å². The van der Waals surface area contributed by atoms with E-state index < -0.39 is 9.84 Å². The van der Waals surface area contributed by atoms with Crippen molar-refractivity contribution in [3.8, 4) is 0 Å². The van der Waals surface area contributed by atoms with Crippen LogP contribution in [0, 0.1) is 0 Å². The van der Waals surface area contributed by atoms with Gasteiger partial charge in [0, 0.05) is 25.7 Å². The van der Waals surface area contributed by atoms with Crippen molar-refractivity contribution in [1.82, 2.24) is 4.90 Å². The lowest BCUT2D eigenvalue weighted by Crippen LogP contribution is -2.55. The van der Waals surface area contributed by atoms with Crippen LogP contribution in [0.4, 0.5) is 0 Å². The molecule has 0 radical (unpaired) electrons. The molecule has 2 unspecified atom stereocenters. The molecule has 0 aromatic carbocycles. The Bertz CT molecular complexity index is 313. The maximum Gasteiger partial charge on any atom is 0.154 e. The molecule has 2 atom stereocenters. The van der Waals surface area contributed by atoms with Gasteiger partial charge in [0.2, 0.25) is 0 Å². The number of hydrogen-bond acceptors (Lipinski definition) is 4. The van der Waals surface area contributed by atoms with E-state index in [4.69, 9.17) is 5.73 Å². The van der Waals surface area contributed by atoms with E-state index >= 15 is 0 Å². The number of sulfone groups is 1. The Hall–Kier alpha value is -0.130. The zero-order valence-corrected chi connectivity index (χ0v) is 9.88. The molecule has 5 heteroatoms. The molecule has 0 aliphatic carbocycles. The highest BCUT2D eigenvalue weighted by molar-refractivity contribution is 7.92. The van der Waals surface area contributed by atoms with E-state index in [1.54, 1.807) is 0 Å². The summed E-state index contributed by atoms with van der Waals surface area (Å²) in [6.45, 7) is 2.39. The van der Waals surface area contributed by atoms with Crippen molar-refractivity contribution < 1.29 is 8.42 Å². The van der Waals surface area contributed by atoms with Crippen molar-refractivity contribution in [3.63, 3.8) is 0 Å². The zero-order chi connectivity index (χ0) is 10.9. The Morgan fingerprint density at radius 3 is 2.60 bits per heavy atom. The third-order valence-corrected chi connectivity index (χ3v) is 5.95. The van der Waals surface area contributed by atoms with E-state index in [0.717, 1.165) is 32.2 Å². The topological polar surface area (TPSA) is 63.4 Å². The van der Waals surface area contributed by atoms with E-state index in [-0.39, 0.29) is 5.25 Å². The molecule has 0 aromatic rings. The Balaban J connectivity index is 1.93. The largest absolute Gasteiger partial charge is 0.329 e. The van der Waals surface area contributed by atoms with Gasteiger partial charge >= 0.3 is 0 Å². The van der Waals surface area contributed by atoms with E-state index in [9.17, 15) is 8.42 Å². The number of likely N-dealkylation sites (tertiary alicyclic amines) is 1. The monoisotopic (exact) mass is 232 g/mol. The molecule has 2 fully saturated rings.